The van der Waals surface area contributed by atoms with Gasteiger partial charge in [-0.2, -0.15) is 5.26 Å². The van der Waals surface area contributed by atoms with E-state index in [-0.39, 0.29) is 12.0 Å². The number of hydrogen-bond donors (Lipinski definition) is 1. The fraction of sp³-hybridized carbons (Fsp3) is 0.333. The van der Waals surface area contributed by atoms with Crippen molar-refractivity contribution in [2.45, 2.75) is 18.6 Å². The van der Waals surface area contributed by atoms with Crippen LogP contribution < -0.4 is 0 Å². The highest BCUT2D eigenvalue weighted by Gasteiger charge is 2.63. The Morgan fingerprint density at radius 2 is 2.12 bits per heavy atom. The third-order valence-electron chi connectivity index (χ3n) is 2.70. The van der Waals surface area contributed by atoms with Crippen LogP contribution in [0.1, 0.15) is 17.2 Å². The largest absolute Gasteiger partial charge is 0.482 e. The molecule has 1 heterocycles. The first-order valence-corrected chi connectivity index (χ1v) is 4.92. The van der Waals surface area contributed by atoms with Crippen molar-refractivity contribution in [2.75, 3.05) is 7.11 Å². The standard InChI is InChI=1S/C12H12N2O2/c1-8-3-5-9(6-4-8)10-12(7-13,16-10)11(14)15-2/h3-6,10,14H,1-2H3/t10-,12+/m1/s1. The van der Waals surface area contributed by atoms with Gasteiger partial charge in [0.25, 0.3) is 5.60 Å². The highest BCUT2D eigenvalue weighted by Crippen LogP contribution is 2.50. The summed E-state index contributed by atoms with van der Waals surface area (Å²) in [7, 11) is 1.37. The Balaban J connectivity index is 2.25. The zero-order chi connectivity index (χ0) is 11.8. The van der Waals surface area contributed by atoms with Crippen LogP contribution in [0.15, 0.2) is 24.3 Å². The number of methoxy groups -OCH3 is 1. The molecule has 0 unspecified atom stereocenters. The molecule has 82 valence electrons. The van der Waals surface area contributed by atoms with Gasteiger partial charge in [0.2, 0.25) is 5.90 Å². The molecule has 0 aromatic heterocycles. The van der Waals surface area contributed by atoms with Gasteiger partial charge in [0, 0.05) is 0 Å². The summed E-state index contributed by atoms with van der Waals surface area (Å²) in [6, 6.07) is 9.71. The number of benzene rings is 1. The van der Waals surface area contributed by atoms with Crippen LogP contribution in [0.25, 0.3) is 0 Å². The predicted octanol–water partition coefficient (Wildman–Crippen LogP) is 1.95. The molecule has 1 aliphatic heterocycles. The summed E-state index contributed by atoms with van der Waals surface area (Å²) in [6.07, 6.45) is -0.384. The Labute approximate surface area is 93.9 Å². The minimum atomic E-state index is -1.22. The third kappa shape index (κ3) is 1.46. The summed E-state index contributed by atoms with van der Waals surface area (Å²) in [6.45, 7) is 1.99. The minimum Gasteiger partial charge on any atom is -0.482 e. The Bertz CT molecular complexity index is 461. The second kappa shape index (κ2) is 3.62. The normalized spacial score (nSPS) is 26.9. The lowest BCUT2D eigenvalue weighted by atomic mass is 10.00. The molecular weight excluding hydrogens is 204 g/mol. The molecule has 0 amide bonds. The first kappa shape index (κ1) is 10.7. The molecule has 0 saturated carbocycles. The molecule has 4 heteroatoms. The average molecular weight is 216 g/mol. The predicted molar refractivity (Wildman–Crippen MR) is 58.1 cm³/mol. The van der Waals surface area contributed by atoms with E-state index in [1.54, 1.807) is 0 Å². The molecule has 2 rings (SSSR count). The van der Waals surface area contributed by atoms with Crippen molar-refractivity contribution in [3.8, 4) is 6.07 Å². The third-order valence-corrected chi connectivity index (χ3v) is 2.70. The van der Waals surface area contributed by atoms with Gasteiger partial charge >= 0.3 is 0 Å². The van der Waals surface area contributed by atoms with Gasteiger partial charge in [0.1, 0.15) is 12.2 Å². The number of nitriles is 1. The first-order valence-electron chi connectivity index (χ1n) is 4.92. The van der Waals surface area contributed by atoms with Crippen LogP contribution in [0.3, 0.4) is 0 Å². The molecule has 1 aromatic carbocycles. The van der Waals surface area contributed by atoms with Crippen LogP contribution in [0.4, 0.5) is 0 Å². The fourth-order valence-corrected chi connectivity index (χ4v) is 1.66. The van der Waals surface area contributed by atoms with Crippen molar-refractivity contribution >= 4 is 5.90 Å². The number of epoxide rings is 1. The van der Waals surface area contributed by atoms with E-state index in [2.05, 4.69) is 0 Å². The Kier molecular flexibility index (Phi) is 2.41. The van der Waals surface area contributed by atoms with Gasteiger partial charge in [-0.1, -0.05) is 29.8 Å². The zero-order valence-electron chi connectivity index (χ0n) is 9.15. The van der Waals surface area contributed by atoms with E-state index in [4.69, 9.17) is 20.1 Å². The van der Waals surface area contributed by atoms with Gasteiger partial charge in [-0.15, -0.1) is 0 Å². The van der Waals surface area contributed by atoms with Gasteiger partial charge in [-0.05, 0) is 12.5 Å². The molecule has 1 saturated heterocycles. The van der Waals surface area contributed by atoms with Crippen molar-refractivity contribution in [3.05, 3.63) is 35.4 Å². The van der Waals surface area contributed by atoms with Crippen molar-refractivity contribution in [2.24, 2.45) is 0 Å². The monoisotopic (exact) mass is 216 g/mol. The lowest BCUT2D eigenvalue weighted by Gasteiger charge is -2.04. The minimum absolute atomic E-state index is 0.138. The van der Waals surface area contributed by atoms with Gasteiger partial charge in [-0.25, -0.2) is 0 Å². The molecule has 1 aliphatic rings. The van der Waals surface area contributed by atoms with Crippen molar-refractivity contribution in [3.63, 3.8) is 0 Å². The molecule has 16 heavy (non-hydrogen) atoms. The van der Waals surface area contributed by atoms with Crippen LogP contribution in [0, 0.1) is 23.7 Å². The maximum atomic E-state index is 9.05. The van der Waals surface area contributed by atoms with Crippen LogP contribution in [-0.4, -0.2) is 18.6 Å². The molecule has 1 N–H and O–H groups in total. The number of rotatable bonds is 2. The Morgan fingerprint density at radius 3 is 2.62 bits per heavy atom. The number of aryl methyl sites for hydroxylation is 1. The summed E-state index contributed by atoms with van der Waals surface area (Å²) in [5.74, 6) is -0.138. The number of ether oxygens (including phenoxy) is 2. The summed E-state index contributed by atoms with van der Waals surface area (Å²) >= 11 is 0. The van der Waals surface area contributed by atoms with Gasteiger partial charge in [-0.3, -0.25) is 5.41 Å². The Morgan fingerprint density at radius 1 is 1.50 bits per heavy atom. The van der Waals surface area contributed by atoms with Gasteiger partial charge < -0.3 is 9.47 Å². The number of nitrogens with one attached hydrogen (secondary N) is 1. The summed E-state index contributed by atoms with van der Waals surface area (Å²) in [5.41, 5.74) is 0.826. The fourth-order valence-electron chi connectivity index (χ4n) is 1.66. The quantitative estimate of drug-likeness (QED) is 0.466. The number of nitrogens with zero attached hydrogens (tertiary/aromatic N) is 1. The van der Waals surface area contributed by atoms with Crippen LogP contribution in [-0.2, 0) is 9.47 Å². The smallest absolute Gasteiger partial charge is 0.260 e. The van der Waals surface area contributed by atoms with E-state index in [1.807, 2.05) is 37.3 Å². The second-order valence-electron chi connectivity index (χ2n) is 3.79. The van der Waals surface area contributed by atoms with Crippen LogP contribution in [0.2, 0.25) is 0 Å². The lowest BCUT2D eigenvalue weighted by Crippen LogP contribution is -2.24. The van der Waals surface area contributed by atoms with Crippen LogP contribution in [0.5, 0.6) is 0 Å². The van der Waals surface area contributed by atoms with Crippen molar-refractivity contribution in [1.82, 2.24) is 0 Å². The second-order valence-corrected chi connectivity index (χ2v) is 3.79. The summed E-state index contributed by atoms with van der Waals surface area (Å²) in [4.78, 5) is 0. The zero-order valence-corrected chi connectivity index (χ0v) is 9.15. The van der Waals surface area contributed by atoms with Gasteiger partial charge in [0.05, 0.1) is 7.11 Å². The molecule has 0 aliphatic carbocycles. The lowest BCUT2D eigenvalue weighted by molar-refractivity contribution is 0.318. The molecular formula is C12H12N2O2. The molecule has 1 fully saturated rings. The topological polar surface area (TPSA) is 69.4 Å². The molecule has 0 bridgehead atoms. The van der Waals surface area contributed by atoms with E-state index in [1.165, 1.54) is 7.11 Å². The van der Waals surface area contributed by atoms with Gasteiger partial charge in [0.15, 0.2) is 0 Å². The molecule has 2 atom stereocenters. The summed E-state index contributed by atoms with van der Waals surface area (Å²) < 4.78 is 10.1. The SMILES string of the molecule is COC(=N)[C@@]1(C#N)O[C@@H]1c1ccc(C)cc1. The Hall–Kier alpha value is -1.86. The highest BCUT2D eigenvalue weighted by molar-refractivity contribution is 5.89. The molecule has 0 spiro atoms. The summed E-state index contributed by atoms with van der Waals surface area (Å²) in [5, 5.41) is 16.6. The average Bonchev–Trinajstić information content (AvgIpc) is 3.05. The maximum Gasteiger partial charge on any atom is 0.260 e. The first-order chi connectivity index (χ1) is 7.64. The van der Waals surface area contributed by atoms with E-state index in [0.717, 1.165) is 11.1 Å². The highest BCUT2D eigenvalue weighted by atomic mass is 16.6. The van der Waals surface area contributed by atoms with E-state index in [9.17, 15) is 0 Å². The van der Waals surface area contributed by atoms with E-state index >= 15 is 0 Å². The molecule has 1 aromatic rings. The van der Waals surface area contributed by atoms with Crippen molar-refractivity contribution in [1.29, 1.82) is 10.7 Å². The molecule has 4 nitrogen and oxygen atoms in total. The molecule has 0 radical (unpaired) electrons. The van der Waals surface area contributed by atoms with E-state index < -0.39 is 5.60 Å². The maximum absolute atomic E-state index is 9.05. The van der Waals surface area contributed by atoms with E-state index in [0.29, 0.717) is 0 Å². The number of hydrogen-bond acceptors (Lipinski definition) is 4. The van der Waals surface area contributed by atoms with Crippen LogP contribution >= 0.6 is 0 Å². The van der Waals surface area contributed by atoms with Crippen molar-refractivity contribution < 1.29 is 9.47 Å².